The molecule has 13 heavy (non-hydrogen) atoms. The standard InChI is InChI=1S/C9H13N3O/c1-12-9(10)7(5-11-12)8(13)6-3-2-4-6/h5-6H,2-4,10H2,1H3. The minimum Gasteiger partial charge on any atom is -0.383 e. The normalized spacial score (nSPS) is 17.0. The van der Waals surface area contributed by atoms with Gasteiger partial charge in [-0.3, -0.25) is 9.48 Å². The second-order valence-corrected chi connectivity index (χ2v) is 3.56. The fourth-order valence-electron chi connectivity index (χ4n) is 1.53. The largest absolute Gasteiger partial charge is 0.383 e. The van der Waals surface area contributed by atoms with E-state index in [-0.39, 0.29) is 11.7 Å². The number of rotatable bonds is 2. The van der Waals surface area contributed by atoms with E-state index >= 15 is 0 Å². The van der Waals surface area contributed by atoms with Gasteiger partial charge in [-0.2, -0.15) is 5.10 Å². The third-order valence-electron chi connectivity index (χ3n) is 2.73. The quantitative estimate of drug-likeness (QED) is 0.688. The topological polar surface area (TPSA) is 60.9 Å². The van der Waals surface area contributed by atoms with E-state index < -0.39 is 0 Å². The van der Waals surface area contributed by atoms with Crippen LogP contribution in [0.25, 0.3) is 0 Å². The molecule has 1 aliphatic carbocycles. The van der Waals surface area contributed by atoms with Crippen LogP contribution in [0, 0.1) is 5.92 Å². The van der Waals surface area contributed by atoms with Crippen molar-refractivity contribution in [2.24, 2.45) is 13.0 Å². The van der Waals surface area contributed by atoms with Gasteiger partial charge in [-0.15, -0.1) is 0 Å². The van der Waals surface area contributed by atoms with Gasteiger partial charge in [0, 0.05) is 13.0 Å². The smallest absolute Gasteiger partial charge is 0.171 e. The van der Waals surface area contributed by atoms with Crippen molar-refractivity contribution in [1.29, 1.82) is 0 Å². The van der Waals surface area contributed by atoms with Gasteiger partial charge in [0.25, 0.3) is 0 Å². The number of Topliss-reactive ketones (excluding diaryl/α,β-unsaturated/α-hetero) is 1. The van der Waals surface area contributed by atoms with Crippen LogP contribution in [0.15, 0.2) is 6.20 Å². The van der Waals surface area contributed by atoms with Crippen LogP contribution in [0.3, 0.4) is 0 Å². The molecule has 0 unspecified atom stereocenters. The fourth-order valence-corrected chi connectivity index (χ4v) is 1.53. The molecular formula is C9H13N3O. The molecule has 0 aliphatic heterocycles. The molecular weight excluding hydrogens is 166 g/mol. The summed E-state index contributed by atoms with van der Waals surface area (Å²) < 4.78 is 1.53. The molecule has 4 heteroatoms. The van der Waals surface area contributed by atoms with Crippen molar-refractivity contribution in [3.63, 3.8) is 0 Å². The maximum atomic E-state index is 11.7. The monoisotopic (exact) mass is 179 g/mol. The Balaban J connectivity index is 2.24. The van der Waals surface area contributed by atoms with Crippen molar-refractivity contribution in [2.45, 2.75) is 19.3 Å². The number of hydrogen-bond donors (Lipinski definition) is 1. The summed E-state index contributed by atoms with van der Waals surface area (Å²) in [6.07, 6.45) is 4.74. The second-order valence-electron chi connectivity index (χ2n) is 3.56. The summed E-state index contributed by atoms with van der Waals surface area (Å²) in [5, 5.41) is 3.95. The number of nitrogen functional groups attached to an aromatic ring is 1. The predicted molar refractivity (Wildman–Crippen MR) is 49.3 cm³/mol. The molecule has 1 aromatic rings. The van der Waals surface area contributed by atoms with Gasteiger partial charge in [0.05, 0.1) is 11.8 Å². The minimum atomic E-state index is 0.164. The van der Waals surface area contributed by atoms with Crippen LogP contribution in [0.1, 0.15) is 29.6 Å². The van der Waals surface area contributed by atoms with Gasteiger partial charge in [-0.25, -0.2) is 0 Å². The highest BCUT2D eigenvalue weighted by molar-refractivity contribution is 6.01. The molecule has 0 bridgehead atoms. The number of carbonyl (C=O) groups excluding carboxylic acids is 1. The molecule has 0 radical (unpaired) electrons. The highest BCUT2D eigenvalue weighted by Crippen LogP contribution is 2.30. The van der Waals surface area contributed by atoms with Crippen molar-refractivity contribution >= 4 is 11.6 Å². The molecule has 2 N–H and O–H groups in total. The molecule has 4 nitrogen and oxygen atoms in total. The Morgan fingerprint density at radius 3 is 2.77 bits per heavy atom. The van der Waals surface area contributed by atoms with Crippen LogP contribution in [-0.4, -0.2) is 15.6 Å². The van der Waals surface area contributed by atoms with Crippen LogP contribution in [0.4, 0.5) is 5.82 Å². The summed E-state index contributed by atoms with van der Waals surface area (Å²) in [6, 6.07) is 0. The maximum absolute atomic E-state index is 11.7. The van der Waals surface area contributed by atoms with Crippen LogP contribution in [0.2, 0.25) is 0 Å². The van der Waals surface area contributed by atoms with Crippen LogP contribution < -0.4 is 5.73 Å². The van der Waals surface area contributed by atoms with Crippen LogP contribution in [0.5, 0.6) is 0 Å². The first kappa shape index (κ1) is 8.29. The SMILES string of the molecule is Cn1ncc(C(=O)C2CCC2)c1N. The van der Waals surface area contributed by atoms with Gasteiger partial charge in [-0.1, -0.05) is 6.42 Å². The van der Waals surface area contributed by atoms with Crippen molar-refractivity contribution in [2.75, 3.05) is 5.73 Å². The number of nitrogens with two attached hydrogens (primary N) is 1. The van der Waals surface area contributed by atoms with E-state index in [9.17, 15) is 4.79 Å². The fraction of sp³-hybridized carbons (Fsp3) is 0.556. The zero-order chi connectivity index (χ0) is 9.42. The maximum Gasteiger partial charge on any atom is 0.171 e. The van der Waals surface area contributed by atoms with Crippen LogP contribution in [-0.2, 0) is 7.05 Å². The van der Waals surface area contributed by atoms with Crippen molar-refractivity contribution in [3.8, 4) is 0 Å². The average molecular weight is 179 g/mol. The summed E-state index contributed by atoms with van der Waals surface area (Å²) in [5.74, 6) is 0.847. The first-order chi connectivity index (χ1) is 6.20. The lowest BCUT2D eigenvalue weighted by atomic mass is 9.80. The van der Waals surface area contributed by atoms with E-state index in [0.29, 0.717) is 11.4 Å². The molecule has 0 saturated heterocycles. The lowest BCUT2D eigenvalue weighted by Gasteiger charge is -2.23. The second kappa shape index (κ2) is 2.87. The Morgan fingerprint density at radius 2 is 2.38 bits per heavy atom. The van der Waals surface area contributed by atoms with Gasteiger partial charge in [0.15, 0.2) is 5.78 Å². The Labute approximate surface area is 76.7 Å². The highest BCUT2D eigenvalue weighted by atomic mass is 16.1. The Hall–Kier alpha value is -1.32. The van der Waals surface area contributed by atoms with Gasteiger partial charge in [0.2, 0.25) is 0 Å². The molecule has 1 aromatic heterocycles. The van der Waals surface area contributed by atoms with E-state index in [4.69, 9.17) is 5.73 Å². The third-order valence-corrected chi connectivity index (χ3v) is 2.73. The van der Waals surface area contributed by atoms with E-state index in [1.54, 1.807) is 13.2 Å². The van der Waals surface area contributed by atoms with Crippen LogP contribution >= 0.6 is 0 Å². The zero-order valence-electron chi connectivity index (χ0n) is 7.66. The number of hydrogen-bond acceptors (Lipinski definition) is 3. The molecule has 0 amide bonds. The summed E-state index contributed by atoms with van der Waals surface area (Å²) >= 11 is 0. The highest BCUT2D eigenvalue weighted by Gasteiger charge is 2.28. The number of anilines is 1. The average Bonchev–Trinajstić information content (AvgIpc) is 2.29. The summed E-state index contributed by atoms with van der Waals surface area (Å²) in [7, 11) is 1.74. The van der Waals surface area contributed by atoms with Crippen molar-refractivity contribution in [3.05, 3.63) is 11.8 Å². The van der Waals surface area contributed by atoms with E-state index in [2.05, 4.69) is 5.10 Å². The minimum absolute atomic E-state index is 0.164. The molecule has 1 aliphatic rings. The summed E-state index contributed by atoms with van der Waals surface area (Å²) in [5.41, 5.74) is 6.29. The number of ketones is 1. The predicted octanol–water partition coefficient (Wildman–Crippen LogP) is 0.985. The molecule has 0 aromatic carbocycles. The van der Waals surface area contributed by atoms with Gasteiger partial charge >= 0.3 is 0 Å². The number of nitrogens with zero attached hydrogens (tertiary/aromatic N) is 2. The number of aromatic nitrogens is 2. The lowest BCUT2D eigenvalue weighted by molar-refractivity contribution is 0.0856. The van der Waals surface area contributed by atoms with Crippen molar-refractivity contribution < 1.29 is 4.79 Å². The molecule has 1 saturated carbocycles. The molecule has 2 rings (SSSR count). The Bertz CT molecular complexity index is 339. The molecule has 1 heterocycles. The molecule has 0 spiro atoms. The zero-order valence-corrected chi connectivity index (χ0v) is 7.66. The third kappa shape index (κ3) is 1.22. The van der Waals surface area contributed by atoms with E-state index in [1.807, 2.05) is 0 Å². The molecule has 70 valence electrons. The summed E-state index contributed by atoms with van der Waals surface area (Å²) in [6.45, 7) is 0. The van der Waals surface area contributed by atoms with Gasteiger partial charge in [0.1, 0.15) is 5.82 Å². The first-order valence-electron chi connectivity index (χ1n) is 4.52. The van der Waals surface area contributed by atoms with E-state index in [0.717, 1.165) is 19.3 Å². The van der Waals surface area contributed by atoms with E-state index in [1.165, 1.54) is 4.68 Å². The van der Waals surface area contributed by atoms with Gasteiger partial charge in [-0.05, 0) is 12.8 Å². The lowest BCUT2D eigenvalue weighted by Crippen LogP contribution is -2.22. The Morgan fingerprint density at radius 1 is 1.69 bits per heavy atom. The van der Waals surface area contributed by atoms with Crippen molar-refractivity contribution in [1.82, 2.24) is 9.78 Å². The molecule has 0 atom stereocenters. The Kier molecular flexibility index (Phi) is 1.83. The summed E-state index contributed by atoms with van der Waals surface area (Å²) in [4.78, 5) is 11.7. The van der Waals surface area contributed by atoms with Gasteiger partial charge < -0.3 is 5.73 Å². The molecule has 1 fully saturated rings. The number of carbonyl (C=O) groups is 1. The first-order valence-corrected chi connectivity index (χ1v) is 4.52. The number of aryl methyl sites for hydroxylation is 1.